The first-order valence-electron chi connectivity index (χ1n) is 11.1. The lowest BCUT2D eigenvalue weighted by molar-refractivity contribution is -0.146. The Morgan fingerprint density at radius 2 is 1.65 bits per heavy atom. The summed E-state index contributed by atoms with van der Waals surface area (Å²) in [5.41, 5.74) is 2.73. The number of nitrogens with zero attached hydrogens (tertiary/aromatic N) is 1. The number of allylic oxidation sites excluding steroid dienone is 1. The number of rotatable bonds is 13. The fourth-order valence-electron chi connectivity index (χ4n) is 3.76. The molecular weight excluding hydrogens is 386 g/mol. The van der Waals surface area contributed by atoms with Gasteiger partial charge in [0.1, 0.15) is 0 Å². The van der Waals surface area contributed by atoms with Crippen LogP contribution in [-0.4, -0.2) is 38.0 Å². The van der Waals surface area contributed by atoms with Crippen LogP contribution in [0.15, 0.2) is 78.3 Å². The normalized spacial score (nSPS) is 13.6. The summed E-state index contributed by atoms with van der Waals surface area (Å²) in [6.07, 6.45) is 4.73. The number of methoxy groups -OCH3 is 1. The third kappa shape index (κ3) is 7.80. The Bertz CT molecular complexity index is 775. The van der Waals surface area contributed by atoms with Crippen LogP contribution < -0.4 is 0 Å². The summed E-state index contributed by atoms with van der Waals surface area (Å²) in [5.74, 6) is 0.0401. The van der Waals surface area contributed by atoms with Crippen LogP contribution in [0.2, 0.25) is 0 Å². The molecule has 4 nitrogen and oxygen atoms in total. The molecule has 0 fully saturated rings. The van der Waals surface area contributed by atoms with Crippen molar-refractivity contribution >= 4 is 11.7 Å². The summed E-state index contributed by atoms with van der Waals surface area (Å²) >= 11 is 0. The molecule has 0 N–H and O–H groups in total. The second kappa shape index (κ2) is 13.6. The third-order valence-electron chi connectivity index (χ3n) is 5.29. The topological polar surface area (TPSA) is 47.9 Å². The lowest BCUT2D eigenvalue weighted by atomic mass is 9.87. The van der Waals surface area contributed by atoms with E-state index in [-0.39, 0.29) is 11.9 Å². The van der Waals surface area contributed by atoms with Crippen molar-refractivity contribution in [1.29, 1.82) is 0 Å². The lowest BCUT2D eigenvalue weighted by Gasteiger charge is -2.26. The first kappa shape index (κ1) is 24.5. The van der Waals surface area contributed by atoms with E-state index in [4.69, 9.17) is 14.5 Å². The molecule has 0 amide bonds. The number of carbonyl (C=O) groups is 1. The highest BCUT2D eigenvalue weighted by Crippen LogP contribution is 2.25. The van der Waals surface area contributed by atoms with E-state index < -0.39 is 6.04 Å². The molecule has 0 aliphatic carbocycles. The number of hydrogen-bond donors (Lipinski definition) is 0. The Morgan fingerprint density at radius 3 is 2.13 bits per heavy atom. The van der Waals surface area contributed by atoms with E-state index in [1.807, 2.05) is 73.7 Å². The molecule has 2 aromatic rings. The monoisotopic (exact) mass is 421 g/mol. The van der Waals surface area contributed by atoms with Gasteiger partial charge in [0.2, 0.25) is 0 Å². The first-order valence-corrected chi connectivity index (χ1v) is 11.1. The van der Waals surface area contributed by atoms with Gasteiger partial charge in [-0.3, -0.25) is 4.99 Å². The van der Waals surface area contributed by atoms with Gasteiger partial charge in [0.15, 0.2) is 6.04 Å². The average Bonchev–Trinajstić information content (AvgIpc) is 2.79. The number of ether oxygens (including phenoxy) is 2. The number of carbonyl (C=O) groups excluding carboxylic acids is 1. The number of esters is 1. The van der Waals surface area contributed by atoms with Crippen molar-refractivity contribution in [3.8, 4) is 0 Å². The molecule has 2 aromatic carbocycles. The van der Waals surface area contributed by atoms with E-state index in [1.165, 1.54) is 0 Å². The van der Waals surface area contributed by atoms with Gasteiger partial charge in [-0.15, -0.1) is 6.58 Å². The quantitative estimate of drug-likeness (QED) is 0.236. The van der Waals surface area contributed by atoms with E-state index in [0.717, 1.165) is 36.1 Å². The van der Waals surface area contributed by atoms with E-state index in [9.17, 15) is 4.79 Å². The zero-order valence-corrected chi connectivity index (χ0v) is 19.0. The van der Waals surface area contributed by atoms with Gasteiger partial charge < -0.3 is 9.47 Å². The molecule has 166 valence electrons. The molecule has 0 radical (unpaired) electrons. The van der Waals surface area contributed by atoms with Crippen molar-refractivity contribution in [3.63, 3.8) is 0 Å². The van der Waals surface area contributed by atoms with Gasteiger partial charge in [-0.25, -0.2) is 4.79 Å². The SMILES string of the molecule is C=CCCC(C)C[C@@H](COC)C(N=C(c1ccccc1)c1ccccc1)C(=O)OCC. The van der Waals surface area contributed by atoms with Gasteiger partial charge in [-0.05, 0) is 32.1 Å². The van der Waals surface area contributed by atoms with Crippen LogP contribution in [-0.2, 0) is 14.3 Å². The Kier molecular flexibility index (Phi) is 10.7. The summed E-state index contributed by atoms with van der Waals surface area (Å²) in [5, 5.41) is 0. The highest BCUT2D eigenvalue weighted by atomic mass is 16.5. The molecule has 2 unspecified atom stereocenters. The molecule has 31 heavy (non-hydrogen) atoms. The number of hydrogen-bond acceptors (Lipinski definition) is 4. The summed E-state index contributed by atoms with van der Waals surface area (Å²) < 4.78 is 11.0. The Morgan fingerprint density at radius 1 is 1.06 bits per heavy atom. The summed E-state index contributed by atoms with van der Waals surface area (Å²) in [6, 6.07) is 19.3. The van der Waals surface area contributed by atoms with E-state index in [2.05, 4.69) is 13.5 Å². The number of aliphatic imine (C=N–C) groups is 1. The maximum absolute atomic E-state index is 13.1. The van der Waals surface area contributed by atoms with E-state index in [1.54, 1.807) is 7.11 Å². The predicted molar refractivity (Wildman–Crippen MR) is 128 cm³/mol. The van der Waals surface area contributed by atoms with Crippen molar-refractivity contribution in [2.45, 2.75) is 39.2 Å². The molecule has 3 atom stereocenters. The molecule has 0 spiro atoms. The Hall–Kier alpha value is -2.72. The zero-order chi connectivity index (χ0) is 22.5. The average molecular weight is 422 g/mol. The van der Waals surface area contributed by atoms with E-state index >= 15 is 0 Å². The van der Waals surface area contributed by atoms with Crippen molar-refractivity contribution in [1.82, 2.24) is 0 Å². The summed E-state index contributed by atoms with van der Waals surface area (Å²) in [6.45, 7) is 8.62. The van der Waals surface area contributed by atoms with Crippen LogP contribution in [0.25, 0.3) is 0 Å². The van der Waals surface area contributed by atoms with Crippen molar-refractivity contribution in [2.24, 2.45) is 16.8 Å². The maximum atomic E-state index is 13.1. The minimum absolute atomic E-state index is 0.0775. The highest BCUT2D eigenvalue weighted by Gasteiger charge is 2.31. The standard InChI is InChI=1S/C27H35NO3/c1-5-7-14-21(3)19-24(20-30-4)26(27(29)31-6-2)28-25(22-15-10-8-11-16-22)23-17-12-9-13-18-23/h5,8-13,15-18,21,24,26H,1,6-7,14,19-20H2,2-4H3/t21?,24-,26?/m0/s1. The smallest absolute Gasteiger partial charge is 0.331 e. The van der Waals surface area contributed by atoms with Gasteiger partial charge in [0, 0.05) is 24.2 Å². The molecule has 0 aliphatic heterocycles. The maximum Gasteiger partial charge on any atom is 0.331 e. The largest absolute Gasteiger partial charge is 0.464 e. The van der Waals surface area contributed by atoms with Gasteiger partial charge in [0.25, 0.3) is 0 Å². The molecule has 0 saturated carbocycles. The minimum Gasteiger partial charge on any atom is -0.464 e. The van der Waals surface area contributed by atoms with E-state index in [0.29, 0.717) is 19.1 Å². The third-order valence-corrected chi connectivity index (χ3v) is 5.29. The molecule has 0 bridgehead atoms. The zero-order valence-electron chi connectivity index (χ0n) is 19.0. The van der Waals surface area contributed by atoms with Crippen LogP contribution in [0.5, 0.6) is 0 Å². The van der Waals surface area contributed by atoms with Crippen molar-refractivity contribution in [2.75, 3.05) is 20.3 Å². The predicted octanol–water partition coefficient (Wildman–Crippen LogP) is 5.71. The molecule has 0 aromatic heterocycles. The van der Waals surface area contributed by atoms with Crippen LogP contribution in [0.4, 0.5) is 0 Å². The molecule has 0 heterocycles. The van der Waals surface area contributed by atoms with Crippen LogP contribution in [0.1, 0.15) is 44.2 Å². The highest BCUT2D eigenvalue weighted by molar-refractivity contribution is 6.13. The second-order valence-electron chi connectivity index (χ2n) is 7.83. The van der Waals surface area contributed by atoms with Crippen molar-refractivity contribution < 1.29 is 14.3 Å². The molecule has 2 rings (SSSR count). The van der Waals surface area contributed by atoms with Crippen LogP contribution >= 0.6 is 0 Å². The molecule has 0 aliphatic rings. The lowest BCUT2D eigenvalue weighted by Crippen LogP contribution is -2.35. The van der Waals surface area contributed by atoms with Gasteiger partial charge in [0.05, 0.1) is 18.9 Å². The Balaban J connectivity index is 2.50. The first-order chi connectivity index (χ1) is 15.1. The van der Waals surface area contributed by atoms with Crippen LogP contribution in [0, 0.1) is 11.8 Å². The molecule has 0 saturated heterocycles. The molecule has 4 heteroatoms. The second-order valence-corrected chi connectivity index (χ2v) is 7.83. The van der Waals surface area contributed by atoms with Gasteiger partial charge in [-0.2, -0.15) is 0 Å². The fraction of sp³-hybridized carbons (Fsp3) is 0.407. The van der Waals surface area contributed by atoms with Gasteiger partial charge in [-0.1, -0.05) is 73.7 Å². The summed E-state index contributed by atoms with van der Waals surface area (Å²) in [7, 11) is 1.67. The molecular formula is C27H35NO3. The van der Waals surface area contributed by atoms with Crippen molar-refractivity contribution in [3.05, 3.63) is 84.4 Å². The fourth-order valence-corrected chi connectivity index (χ4v) is 3.76. The van der Waals surface area contributed by atoms with Crippen LogP contribution in [0.3, 0.4) is 0 Å². The summed E-state index contributed by atoms with van der Waals surface area (Å²) in [4.78, 5) is 18.1. The van der Waals surface area contributed by atoms with Gasteiger partial charge >= 0.3 is 5.97 Å². The number of benzene rings is 2. The Labute approximate surface area is 187 Å². The minimum atomic E-state index is -0.638.